The van der Waals surface area contributed by atoms with Crippen molar-refractivity contribution in [2.24, 2.45) is 0 Å². The minimum Gasteiger partial charge on any atom is -0.356 e. The van der Waals surface area contributed by atoms with Crippen LogP contribution in [0, 0.1) is 12.7 Å². The number of halogens is 2. The van der Waals surface area contributed by atoms with Crippen LogP contribution in [0.15, 0.2) is 54.3 Å². The molecule has 10 heteroatoms. The maximum Gasteiger partial charge on any atom is 0.258 e. The maximum absolute atomic E-state index is 13.6. The predicted octanol–water partition coefficient (Wildman–Crippen LogP) is 7.18. The van der Waals surface area contributed by atoms with Crippen LogP contribution in [0.25, 0.3) is 21.0 Å². The van der Waals surface area contributed by atoms with Crippen LogP contribution in [0.2, 0.25) is 5.02 Å². The van der Waals surface area contributed by atoms with E-state index in [1.165, 1.54) is 29.8 Å². The van der Waals surface area contributed by atoms with Crippen LogP contribution in [0.5, 0.6) is 0 Å². The van der Waals surface area contributed by atoms with Crippen molar-refractivity contribution in [3.63, 3.8) is 0 Å². The third-order valence-corrected chi connectivity index (χ3v) is 7.47. The van der Waals surface area contributed by atoms with Gasteiger partial charge in [-0.1, -0.05) is 23.7 Å². The summed E-state index contributed by atoms with van der Waals surface area (Å²) in [6, 6.07) is 10.1. The van der Waals surface area contributed by atoms with E-state index in [1.54, 1.807) is 12.3 Å². The minimum atomic E-state index is -0.492. The lowest BCUT2D eigenvalue weighted by Crippen LogP contribution is -2.23. The molecule has 0 saturated heterocycles. The van der Waals surface area contributed by atoms with Crippen LogP contribution in [-0.2, 0) is 0 Å². The van der Waals surface area contributed by atoms with Gasteiger partial charge < -0.3 is 15.5 Å². The number of aromatic nitrogens is 3. The fourth-order valence-electron chi connectivity index (χ4n) is 4.27. The molecule has 1 amide bonds. The van der Waals surface area contributed by atoms with Gasteiger partial charge in [0.15, 0.2) is 0 Å². The summed E-state index contributed by atoms with van der Waals surface area (Å²) in [6.07, 6.45) is 3.17. The van der Waals surface area contributed by atoms with Crippen molar-refractivity contribution in [3.8, 4) is 0 Å². The molecular formula is C27H24ClFN6OS. The average Bonchev–Trinajstić information content (AvgIpc) is 3.34. The quantitative estimate of drug-likeness (QED) is 0.230. The van der Waals surface area contributed by atoms with Crippen molar-refractivity contribution in [1.82, 2.24) is 15.0 Å². The van der Waals surface area contributed by atoms with Gasteiger partial charge in [-0.15, -0.1) is 11.3 Å². The average molecular weight is 535 g/mol. The van der Waals surface area contributed by atoms with E-state index in [4.69, 9.17) is 11.6 Å². The number of fused-ring (bicyclic) bond motifs is 2. The van der Waals surface area contributed by atoms with Gasteiger partial charge in [-0.3, -0.25) is 4.79 Å². The number of rotatable bonds is 7. The molecule has 0 bridgehead atoms. The first kappa shape index (κ1) is 24.9. The molecule has 5 aromatic rings. The summed E-state index contributed by atoms with van der Waals surface area (Å²) in [5.41, 5.74) is 3.32. The largest absolute Gasteiger partial charge is 0.356 e. The van der Waals surface area contributed by atoms with Gasteiger partial charge in [-0.2, -0.15) is 0 Å². The highest BCUT2D eigenvalue weighted by Gasteiger charge is 2.20. The summed E-state index contributed by atoms with van der Waals surface area (Å²) in [6.45, 7) is 7.71. The summed E-state index contributed by atoms with van der Waals surface area (Å²) >= 11 is 7.41. The number of pyridine rings is 1. The third kappa shape index (κ3) is 4.68. The van der Waals surface area contributed by atoms with Crippen LogP contribution in [0.4, 0.5) is 27.4 Å². The number of nitrogens with one attached hydrogen (secondary N) is 2. The molecule has 0 saturated carbocycles. The SMILES string of the molecule is CCN(CC)c1ncnc2c(C(=O)Nc3c(C)ccc4c(Nc5ccc(F)c(Cl)c5)nccc34)csc12. The van der Waals surface area contributed by atoms with Crippen molar-refractivity contribution in [1.29, 1.82) is 0 Å². The highest BCUT2D eigenvalue weighted by Crippen LogP contribution is 2.35. The first-order chi connectivity index (χ1) is 17.9. The van der Waals surface area contributed by atoms with Gasteiger partial charge in [0.05, 0.1) is 26.5 Å². The van der Waals surface area contributed by atoms with E-state index in [9.17, 15) is 9.18 Å². The Balaban J connectivity index is 1.51. The van der Waals surface area contributed by atoms with E-state index >= 15 is 0 Å². The first-order valence-electron chi connectivity index (χ1n) is 11.8. The van der Waals surface area contributed by atoms with Gasteiger partial charge in [0.1, 0.15) is 23.8 Å². The van der Waals surface area contributed by atoms with Crippen LogP contribution >= 0.6 is 22.9 Å². The Morgan fingerprint density at radius 3 is 2.65 bits per heavy atom. The van der Waals surface area contributed by atoms with E-state index in [0.717, 1.165) is 39.9 Å². The fourth-order valence-corrected chi connectivity index (χ4v) is 5.47. The number of carbonyl (C=O) groups is 1. The molecule has 3 heterocycles. The normalized spacial score (nSPS) is 11.2. The van der Waals surface area contributed by atoms with Crippen LogP contribution in [-0.4, -0.2) is 33.9 Å². The molecule has 0 spiro atoms. The molecule has 7 nitrogen and oxygen atoms in total. The fraction of sp³-hybridized carbons (Fsp3) is 0.185. The maximum atomic E-state index is 13.6. The Kier molecular flexibility index (Phi) is 6.90. The number of nitrogens with zero attached hydrogens (tertiary/aromatic N) is 4. The summed E-state index contributed by atoms with van der Waals surface area (Å²) in [7, 11) is 0. The third-order valence-electron chi connectivity index (χ3n) is 6.22. The molecule has 0 aliphatic heterocycles. The molecule has 0 atom stereocenters. The number of benzene rings is 2. The van der Waals surface area contributed by atoms with Crippen molar-refractivity contribution in [3.05, 3.63) is 76.3 Å². The summed E-state index contributed by atoms with van der Waals surface area (Å²) in [5.74, 6) is 0.660. The van der Waals surface area contributed by atoms with Crippen molar-refractivity contribution < 1.29 is 9.18 Å². The number of amides is 1. The molecule has 3 aromatic heterocycles. The lowest BCUT2D eigenvalue weighted by Gasteiger charge is -2.19. The molecule has 0 radical (unpaired) electrons. The minimum absolute atomic E-state index is 0.0185. The molecule has 0 unspecified atom stereocenters. The van der Waals surface area contributed by atoms with Gasteiger partial charge in [-0.05, 0) is 50.6 Å². The Morgan fingerprint density at radius 1 is 1.08 bits per heavy atom. The zero-order valence-corrected chi connectivity index (χ0v) is 22.0. The molecule has 5 rings (SSSR count). The van der Waals surface area contributed by atoms with E-state index in [-0.39, 0.29) is 10.9 Å². The number of carbonyl (C=O) groups excluding carboxylic acids is 1. The molecule has 37 heavy (non-hydrogen) atoms. The van der Waals surface area contributed by atoms with Crippen LogP contribution in [0.3, 0.4) is 0 Å². The molecule has 0 aliphatic carbocycles. The van der Waals surface area contributed by atoms with E-state index in [2.05, 4.69) is 44.3 Å². The van der Waals surface area contributed by atoms with Crippen molar-refractivity contribution in [2.45, 2.75) is 20.8 Å². The Bertz CT molecular complexity index is 1630. The highest BCUT2D eigenvalue weighted by atomic mass is 35.5. The Morgan fingerprint density at radius 2 is 1.89 bits per heavy atom. The van der Waals surface area contributed by atoms with Gasteiger partial charge in [0, 0.05) is 41.1 Å². The number of hydrogen-bond acceptors (Lipinski definition) is 7. The number of hydrogen-bond donors (Lipinski definition) is 2. The molecule has 2 aromatic carbocycles. The van der Waals surface area contributed by atoms with E-state index in [0.29, 0.717) is 28.3 Å². The van der Waals surface area contributed by atoms with Gasteiger partial charge in [0.25, 0.3) is 5.91 Å². The number of thiophene rings is 1. The van der Waals surface area contributed by atoms with Crippen molar-refractivity contribution in [2.75, 3.05) is 28.6 Å². The molecule has 0 fully saturated rings. The second-order valence-electron chi connectivity index (χ2n) is 8.42. The monoisotopic (exact) mass is 534 g/mol. The van der Waals surface area contributed by atoms with E-state index < -0.39 is 5.82 Å². The van der Waals surface area contributed by atoms with Crippen molar-refractivity contribution >= 4 is 72.8 Å². The summed E-state index contributed by atoms with van der Waals surface area (Å²) in [5, 5.41) is 9.76. The molecule has 188 valence electrons. The van der Waals surface area contributed by atoms with E-state index in [1.807, 2.05) is 30.5 Å². The standard InChI is InChI=1S/C27H24ClFN6OS/c1-4-35(5-2)26-24-23(31-14-32-26)19(13-37-24)27(36)34-22-15(3)6-8-18-17(22)10-11-30-25(18)33-16-7-9-21(29)20(28)12-16/h6-14H,4-5H2,1-3H3,(H,30,33)(H,34,36). The van der Waals surface area contributed by atoms with Gasteiger partial charge in [-0.25, -0.2) is 19.3 Å². The smallest absolute Gasteiger partial charge is 0.258 e. The molecule has 2 N–H and O–H groups in total. The second kappa shape index (κ2) is 10.3. The summed E-state index contributed by atoms with van der Waals surface area (Å²) < 4.78 is 14.5. The number of anilines is 4. The zero-order chi connectivity index (χ0) is 26.1. The lowest BCUT2D eigenvalue weighted by molar-refractivity contribution is 0.102. The van der Waals surface area contributed by atoms with Crippen LogP contribution in [0.1, 0.15) is 29.8 Å². The van der Waals surface area contributed by atoms with Gasteiger partial charge >= 0.3 is 0 Å². The highest BCUT2D eigenvalue weighted by molar-refractivity contribution is 7.18. The zero-order valence-electron chi connectivity index (χ0n) is 20.5. The second-order valence-corrected chi connectivity index (χ2v) is 9.70. The first-order valence-corrected chi connectivity index (χ1v) is 13.1. The molecular weight excluding hydrogens is 511 g/mol. The van der Waals surface area contributed by atoms with Gasteiger partial charge in [0.2, 0.25) is 0 Å². The molecule has 0 aliphatic rings. The topological polar surface area (TPSA) is 83.0 Å². The number of aryl methyl sites for hydroxylation is 1. The predicted molar refractivity (Wildman–Crippen MR) is 150 cm³/mol. The Hall–Kier alpha value is -3.82. The van der Waals surface area contributed by atoms with Crippen LogP contribution < -0.4 is 15.5 Å². The Labute approximate surface area is 222 Å². The summed E-state index contributed by atoms with van der Waals surface area (Å²) in [4.78, 5) is 29.0. The lowest BCUT2D eigenvalue weighted by atomic mass is 10.0.